The van der Waals surface area contributed by atoms with Gasteiger partial charge in [-0.2, -0.15) is 0 Å². The zero-order chi connectivity index (χ0) is 13.1. The summed E-state index contributed by atoms with van der Waals surface area (Å²) in [6.45, 7) is 7.24. The Morgan fingerprint density at radius 1 is 1.56 bits per heavy atom. The van der Waals surface area contributed by atoms with Crippen molar-refractivity contribution in [2.45, 2.75) is 23.3 Å². The molecule has 1 aliphatic heterocycles. The molecule has 1 unspecified atom stereocenters. The third-order valence-electron chi connectivity index (χ3n) is 2.83. The van der Waals surface area contributed by atoms with Gasteiger partial charge in [-0.25, -0.2) is 4.98 Å². The van der Waals surface area contributed by atoms with Crippen molar-refractivity contribution in [2.75, 3.05) is 31.9 Å². The van der Waals surface area contributed by atoms with Crippen LogP contribution in [0.2, 0.25) is 0 Å². The molecule has 100 valence electrons. The molecule has 1 aromatic rings. The molecule has 0 bridgehead atoms. The fraction of sp³-hybridized carbons (Fsp3) is 0.636. The average Bonchev–Trinajstić information content (AvgIpc) is 2.68. The summed E-state index contributed by atoms with van der Waals surface area (Å²) in [6.07, 6.45) is 0. The van der Waals surface area contributed by atoms with Crippen LogP contribution < -0.4 is 11.1 Å². The van der Waals surface area contributed by atoms with Crippen molar-refractivity contribution in [1.82, 2.24) is 15.2 Å². The molecule has 3 N–H and O–H groups in total. The van der Waals surface area contributed by atoms with Crippen molar-refractivity contribution in [2.24, 2.45) is 0 Å². The summed E-state index contributed by atoms with van der Waals surface area (Å²) in [5.41, 5.74) is 6.58. The lowest BCUT2D eigenvalue weighted by Gasteiger charge is -2.29. The Labute approximate surface area is 115 Å². The van der Waals surface area contributed by atoms with E-state index in [1.807, 2.05) is 18.7 Å². The number of nitrogens with two attached hydrogens (primary N) is 1. The number of thioether (sulfide) groups is 1. The number of aromatic nitrogens is 1. The first-order valence-corrected chi connectivity index (χ1v) is 7.66. The van der Waals surface area contributed by atoms with Gasteiger partial charge >= 0.3 is 0 Å². The number of piperazine rings is 1. The zero-order valence-electron chi connectivity index (χ0n) is 10.6. The van der Waals surface area contributed by atoms with Crippen LogP contribution in [0.1, 0.15) is 12.6 Å². The van der Waals surface area contributed by atoms with Crippen LogP contribution in [0.15, 0.2) is 4.21 Å². The summed E-state index contributed by atoms with van der Waals surface area (Å²) in [4.78, 5) is 18.4. The van der Waals surface area contributed by atoms with Crippen LogP contribution in [0.5, 0.6) is 0 Å². The molecule has 0 spiro atoms. The van der Waals surface area contributed by atoms with Crippen molar-refractivity contribution in [1.29, 1.82) is 0 Å². The highest BCUT2D eigenvalue weighted by Gasteiger charge is 2.24. The Morgan fingerprint density at radius 2 is 2.22 bits per heavy atom. The van der Waals surface area contributed by atoms with Gasteiger partial charge < -0.3 is 16.0 Å². The standard InChI is InChI=1S/C11H18N4OS2/c1-7-10(18-11(12)14-7)17-8(2)9(16)15-5-3-13-4-6-15/h8,13H,3-6H2,1-2H3,(H2,12,14). The van der Waals surface area contributed by atoms with Crippen LogP contribution in [-0.2, 0) is 4.79 Å². The number of rotatable bonds is 3. The first-order chi connectivity index (χ1) is 8.58. The number of aryl methyl sites for hydroxylation is 1. The maximum Gasteiger partial charge on any atom is 0.235 e. The fourth-order valence-corrected chi connectivity index (χ4v) is 4.10. The normalized spacial score (nSPS) is 17.8. The second kappa shape index (κ2) is 5.90. The van der Waals surface area contributed by atoms with E-state index in [-0.39, 0.29) is 11.2 Å². The van der Waals surface area contributed by atoms with Gasteiger partial charge in [0.2, 0.25) is 5.91 Å². The SMILES string of the molecule is Cc1nc(N)sc1SC(C)C(=O)N1CCNCC1. The van der Waals surface area contributed by atoms with E-state index in [9.17, 15) is 4.79 Å². The van der Waals surface area contributed by atoms with E-state index in [2.05, 4.69) is 10.3 Å². The zero-order valence-corrected chi connectivity index (χ0v) is 12.2. The summed E-state index contributed by atoms with van der Waals surface area (Å²) in [5, 5.41) is 3.73. The van der Waals surface area contributed by atoms with E-state index in [1.54, 1.807) is 11.8 Å². The molecule has 2 heterocycles. The molecule has 0 saturated carbocycles. The molecule has 0 aromatic carbocycles. The minimum absolute atomic E-state index is 0.0818. The van der Waals surface area contributed by atoms with Crippen LogP contribution in [0.25, 0.3) is 0 Å². The lowest BCUT2D eigenvalue weighted by molar-refractivity contribution is -0.130. The third-order valence-corrected chi connectivity index (χ3v) is 5.22. The largest absolute Gasteiger partial charge is 0.375 e. The summed E-state index contributed by atoms with van der Waals surface area (Å²) in [7, 11) is 0. The van der Waals surface area contributed by atoms with E-state index in [0.717, 1.165) is 36.1 Å². The van der Waals surface area contributed by atoms with Crippen molar-refractivity contribution >= 4 is 34.1 Å². The average molecular weight is 286 g/mol. The van der Waals surface area contributed by atoms with Crippen molar-refractivity contribution in [3.05, 3.63) is 5.69 Å². The van der Waals surface area contributed by atoms with E-state index < -0.39 is 0 Å². The minimum atomic E-state index is -0.0818. The molecule has 5 nitrogen and oxygen atoms in total. The van der Waals surface area contributed by atoms with Gasteiger partial charge in [-0.15, -0.1) is 11.8 Å². The topological polar surface area (TPSA) is 71.2 Å². The number of amides is 1. The number of anilines is 1. The van der Waals surface area contributed by atoms with Crippen molar-refractivity contribution in [3.63, 3.8) is 0 Å². The van der Waals surface area contributed by atoms with E-state index in [0.29, 0.717) is 5.13 Å². The lowest BCUT2D eigenvalue weighted by atomic mass is 10.3. The molecular weight excluding hydrogens is 268 g/mol. The van der Waals surface area contributed by atoms with Crippen LogP contribution in [0.3, 0.4) is 0 Å². The number of thiazole rings is 1. The van der Waals surface area contributed by atoms with Gasteiger partial charge in [0, 0.05) is 26.2 Å². The molecule has 1 atom stereocenters. The monoisotopic (exact) mass is 286 g/mol. The Morgan fingerprint density at radius 3 is 2.78 bits per heavy atom. The summed E-state index contributed by atoms with van der Waals surface area (Å²) in [6, 6.07) is 0. The van der Waals surface area contributed by atoms with E-state index in [4.69, 9.17) is 5.73 Å². The highest BCUT2D eigenvalue weighted by molar-refractivity contribution is 8.02. The summed E-state index contributed by atoms with van der Waals surface area (Å²) >= 11 is 3.01. The van der Waals surface area contributed by atoms with Crippen molar-refractivity contribution in [3.8, 4) is 0 Å². The third kappa shape index (κ3) is 3.15. The van der Waals surface area contributed by atoms with Crippen LogP contribution in [0.4, 0.5) is 5.13 Å². The molecule has 18 heavy (non-hydrogen) atoms. The second-order valence-electron chi connectivity index (χ2n) is 4.26. The number of nitrogen functional groups attached to an aromatic ring is 1. The molecular formula is C11H18N4OS2. The lowest BCUT2D eigenvalue weighted by Crippen LogP contribution is -2.48. The number of nitrogens with zero attached hydrogens (tertiary/aromatic N) is 2. The van der Waals surface area contributed by atoms with Crippen LogP contribution in [0, 0.1) is 6.92 Å². The predicted molar refractivity (Wildman–Crippen MR) is 76.0 cm³/mol. The van der Waals surface area contributed by atoms with Crippen molar-refractivity contribution < 1.29 is 4.79 Å². The van der Waals surface area contributed by atoms with E-state index in [1.165, 1.54) is 11.3 Å². The quantitative estimate of drug-likeness (QED) is 0.809. The predicted octanol–water partition coefficient (Wildman–Crippen LogP) is 0.946. The molecule has 1 fully saturated rings. The first-order valence-electron chi connectivity index (χ1n) is 5.97. The number of carbonyl (C=O) groups is 1. The van der Waals surface area contributed by atoms with Gasteiger partial charge in [0.25, 0.3) is 0 Å². The molecule has 1 aliphatic rings. The maximum absolute atomic E-state index is 12.3. The summed E-state index contributed by atoms with van der Waals surface area (Å²) < 4.78 is 1.04. The molecule has 1 amide bonds. The Kier molecular flexibility index (Phi) is 4.47. The molecule has 2 rings (SSSR count). The molecule has 0 radical (unpaired) electrons. The number of hydrogen-bond donors (Lipinski definition) is 2. The van der Waals surface area contributed by atoms with Gasteiger partial charge in [-0.3, -0.25) is 4.79 Å². The molecule has 1 saturated heterocycles. The molecule has 1 aromatic heterocycles. The smallest absolute Gasteiger partial charge is 0.235 e. The highest BCUT2D eigenvalue weighted by atomic mass is 32.2. The van der Waals surface area contributed by atoms with Gasteiger partial charge in [-0.05, 0) is 13.8 Å². The van der Waals surface area contributed by atoms with Crippen LogP contribution in [-0.4, -0.2) is 47.2 Å². The van der Waals surface area contributed by atoms with Gasteiger partial charge in [0.15, 0.2) is 5.13 Å². The minimum Gasteiger partial charge on any atom is -0.375 e. The van der Waals surface area contributed by atoms with E-state index >= 15 is 0 Å². The number of nitrogens with one attached hydrogen (secondary N) is 1. The maximum atomic E-state index is 12.3. The molecule has 7 heteroatoms. The fourth-order valence-electron chi connectivity index (χ4n) is 1.87. The van der Waals surface area contributed by atoms with Gasteiger partial charge in [0.05, 0.1) is 15.2 Å². The Balaban J connectivity index is 1.96. The van der Waals surface area contributed by atoms with Gasteiger partial charge in [0.1, 0.15) is 0 Å². The second-order valence-corrected chi connectivity index (χ2v) is 6.90. The highest BCUT2D eigenvalue weighted by Crippen LogP contribution is 2.33. The Bertz CT molecular complexity index is 429. The van der Waals surface area contributed by atoms with Crippen LogP contribution >= 0.6 is 23.1 Å². The molecule has 0 aliphatic carbocycles. The van der Waals surface area contributed by atoms with Gasteiger partial charge in [-0.1, -0.05) is 11.3 Å². The first kappa shape index (κ1) is 13.6. The summed E-state index contributed by atoms with van der Waals surface area (Å²) in [5.74, 6) is 0.202. The Hall–Kier alpha value is -0.790. The number of carbonyl (C=O) groups excluding carboxylic acids is 1. The number of hydrogen-bond acceptors (Lipinski definition) is 6.